The molecule has 0 aliphatic carbocycles. The van der Waals surface area contributed by atoms with Crippen LogP contribution in [0, 0.1) is 0 Å². The van der Waals surface area contributed by atoms with Crippen molar-refractivity contribution >= 4 is 19.8 Å². The maximum Gasteiger partial charge on any atom is 0.510 e. The monoisotopic (exact) mass is 310 g/mol. The van der Waals surface area contributed by atoms with E-state index >= 15 is 0 Å². The van der Waals surface area contributed by atoms with Crippen LogP contribution in [0.3, 0.4) is 0 Å². The summed E-state index contributed by atoms with van der Waals surface area (Å²) >= 11 is 0. The van der Waals surface area contributed by atoms with Gasteiger partial charge in [-0.25, -0.2) is 14.2 Å². The van der Waals surface area contributed by atoms with Gasteiger partial charge in [0.05, 0.1) is 0 Å². The van der Waals surface area contributed by atoms with E-state index in [0.717, 1.165) is 0 Å². The molecule has 0 saturated heterocycles. The summed E-state index contributed by atoms with van der Waals surface area (Å²) in [6.07, 6.45) is -1.43. The van der Waals surface area contributed by atoms with Gasteiger partial charge in [-0.15, -0.1) is 4.20 Å². The molecule has 0 aromatic heterocycles. The molecule has 0 aliphatic rings. The number of rotatable bonds is 8. The first-order valence-corrected chi connectivity index (χ1v) is 6.86. The molecule has 1 atom stereocenters. The summed E-state index contributed by atoms with van der Waals surface area (Å²) in [7, 11) is -5.32. The number of hydrogen-bond donors (Lipinski definition) is 1. The molecule has 1 N–H and O–H groups in total. The average molecular weight is 310 g/mol. The lowest BCUT2D eigenvalue weighted by Crippen LogP contribution is -2.27. The van der Waals surface area contributed by atoms with Crippen molar-refractivity contribution in [1.29, 1.82) is 0 Å². The largest absolute Gasteiger partial charge is 0.510 e. The van der Waals surface area contributed by atoms with E-state index in [4.69, 9.17) is 4.89 Å². The summed E-state index contributed by atoms with van der Waals surface area (Å²) in [5.74, 6) is -1.59. The molecule has 0 saturated carbocycles. The zero-order valence-corrected chi connectivity index (χ0v) is 12.0. The highest BCUT2D eigenvalue weighted by Gasteiger charge is 2.27. The van der Waals surface area contributed by atoms with Crippen LogP contribution in [0.15, 0.2) is 24.3 Å². The lowest BCUT2D eigenvalue weighted by molar-refractivity contribution is -0.146. The molecule has 0 fully saturated rings. The highest BCUT2D eigenvalue weighted by atomic mass is 31.2. The van der Waals surface area contributed by atoms with Gasteiger partial charge in [0.15, 0.2) is 0 Å². The first-order valence-electron chi connectivity index (χ1n) is 5.39. The summed E-state index contributed by atoms with van der Waals surface area (Å²) in [6, 6.07) is 0. The predicted molar refractivity (Wildman–Crippen MR) is 67.4 cm³/mol. The van der Waals surface area contributed by atoms with Gasteiger partial charge in [0.2, 0.25) is 0 Å². The Morgan fingerprint density at radius 2 is 1.50 bits per heavy atom. The second-order valence-electron chi connectivity index (χ2n) is 3.94. The Labute approximate surface area is 115 Å². The summed E-state index contributed by atoms with van der Waals surface area (Å²) in [5.41, 5.74) is 0.158. The molecule has 0 aromatic carbocycles. The molecule has 0 radical (unpaired) electrons. The van der Waals surface area contributed by atoms with Gasteiger partial charge in [-0.1, -0.05) is 13.2 Å². The fraction of sp³-hybridized carbons (Fsp3) is 0.455. The lowest BCUT2D eigenvalue weighted by Gasteiger charge is -2.17. The average Bonchev–Trinajstić information content (AvgIpc) is 2.29. The Morgan fingerprint density at radius 1 is 1.15 bits per heavy atom. The SMILES string of the molecule is C=C(C)C(=O)OCC(COC(=O)C(=C)C)OP(=O)(O)F. The number of carbonyl (C=O) groups is 2. The summed E-state index contributed by atoms with van der Waals surface area (Å²) in [5, 5.41) is 0. The van der Waals surface area contributed by atoms with Crippen molar-refractivity contribution in [3.63, 3.8) is 0 Å². The van der Waals surface area contributed by atoms with Crippen LogP contribution in [0.5, 0.6) is 0 Å². The van der Waals surface area contributed by atoms with Crippen molar-refractivity contribution in [1.82, 2.24) is 0 Å². The van der Waals surface area contributed by atoms with E-state index in [-0.39, 0.29) is 11.1 Å². The zero-order valence-electron chi connectivity index (χ0n) is 11.1. The smallest absolute Gasteiger partial charge is 0.459 e. The fourth-order valence-corrected chi connectivity index (χ4v) is 1.37. The van der Waals surface area contributed by atoms with Gasteiger partial charge in [-0.3, -0.25) is 9.42 Å². The quantitative estimate of drug-likeness (QED) is 0.413. The third kappa shape index (κ3) is 8.58. The molecule has 0 aromatic rings. The third-order valence-electron chi connectivity index (χ3n) is 1.78. The minimum absolute atomic E-state index is 0.0788. The summed E-state index contributed by atoms with van der Waals surface area (Å²) < 4.78 is 36.5. The topological polar surface area (TPSA) is 99.1 Å². The molecule has 0 aliphatic heterocycles. The van der Waals surface area contributed by atoms with E-state index in [1.807, 2.05) is 0 Å². The third-order valence-corrected chi connectivity index (χ3v) is 2.33. The molecule has 20 heavy (non-hydrogen) atoms. The number of ether oxygens (including phenoxy) is 2. The second kappa shape index (κ2) is 7.94. The lowest BCUT2D eigenvalue weighted by atomic mass is 10.3. The normalized spacial score (nSPS) is 13.4. The van der Waals surface area contributed by atoms with Crippen molar-refractivity contribution in [3.05, 3.63) is 24.3 Å². The number of esters is 2. The van der Waals surface area contributed by atoms with Gasteiger partial charge in [0.1, 0.15) is 19.3 Å². The number of hydrogen-bond acceptors (Lipinski definition) is 6. The van der Waals surface area contributed by atoms with Crippen molar-refractivity contribution < 1.29 is 37.2 Å². The van der Waals surface area contributed by atoms with E-state index in [9.17, 15) is 18.4 Å². The van der Waals surface area contributed by atoms with Gasteiger partial charge in [-0.2, -0.15) is 0 Å². The summed E-state index contributed by atoms with van der Waals surface area (Å²) in [4.78, 5) is 30.8. The minimum Gasteiger partial charge on any atom is -0.459 e. The predicted octanol–water partition coefficient (Wildman–Crippen LogP) is 1.68. The molecule has 9 heteroatoms. The summed E-state index contributed by atoms with van der Waals surface area (Å²) in [6.45, 7) is 8.23. The van der Waals surface area contributed by atoms with E-state index in [1.165, 1.54) is 13.8 Å². The molecule has 0 bridgehead atoms. The van der Waals surface area contributed by atoms with Crippen molar-refractivity contribution in [2.75, 3.05) is 13.2 Å². The van der Waals surface area contributed by atoms with Crippen molar-refractivity contribution in [2.45, 2.75) is 20.0 Å². The molecule has 0 heterocycles. The highest BCUT2D eigenvalue weighted by molar-refractivity contribution is 7.46. The van der Waals surface area contributed by atoms with Crippen LogP contribution in [0.1, 0.15) is 13.8 Å². The van der Waals surface area contributed by atoms with Gasteiger partial charge >= 0.3 is 19.8 Å². The minimum atomic E-state index is -5.32. The van der Waals surface area contributed by atoms with E-state index in [0.29, 0.717) is 0 Å². The van der Waals surface area contributed by atoms with Crippen LogP contribution in [0.25, 0.3) is 0 Å². The Hall–Kier alpha value is -1.50. The van der Waals surface area contributed by atoms with Gasteiger partial charge in [0.25, 0.3) is 0 Å². The second-order valence-corrected chi connectivity index (χ2v) is 5.05. The van der Waals surface area contributed by atoms with Crippen LogP contribution in [-0.4, -0.2) is 36.1 Å². The fourth-order valence-electron chi connectivity index (χ4n) is 0.877. The molecule has 0 amide bonds. The Morgan fingerprint density at radius 3 is 1.75 bits per heavy atom. The van der Waals surface area contributed by atoms with E-state index < -0.39 is 39.2 Å². The maximum atomic E-state index is 12.6. The van der Waals surface area contributed by atoms with E-state index in [2.05, 4.69) is 27.2 Å². The highest BCUT2D eigenvalue weighted by Crippen LogP contribution is 2.44. The molecule has 7 nitrogen and oxygen atoms in total. The van der Waals surface area contributed by atoms with Crippen LogP contribution in [-0.2, 0) is 28.2 Å². The Kier molecular flexibility index (Phi) is 7.34. The molecule has 114 valence electrons. The van der Waals surface area contributed by atoms with Crippen molar-refractivity contribution in [2.24, 2.45) is 0 Å². The van der Waals surface area contributed by atoms with Gasteiger partial charge in [-0.05, 0) is 13.8 Å². The Bertz CT molecular complexity index is 424. The standard InChI is InChI=1S/C11H16FO7P/c1-7(2)10(13)17-5-9(19-20(12,15)16)6-18-11(14)8(3)4/h9H,1,3,5-6H2,2,4H3,(H,15,16). The zero-order chi connectivity index (χ0) is 15.9. The van der Waals surface area contributed by atoms with Crippen LogP contribution < -0.4 is 0 Å². The van der Waals surface area contributed by atoms with Crippen LogP contribution >= 0.6 is 7.91 Å². The molecule has 0 spiro atoms. The van der Waals surface area contributed by atoms with Gasteiger partial charge in [0, 0.05) is 11.1 Å². The molecular formula is C11H16FO7P. The molecule has 1 unspecified atom stereocenters. The van der Waals surface area contributed by atoms with Gasteiger partial charge < -0.3 is 9.47 Å². The Balaban J connectivity index is 4.53. The first kappa shape index (κ1) is 18.5. The van der Waals surface area contributed by atoms with Crippen LogP contribution in [0.4, 0.5) is 4.20 Å². The van der Waals surface area contributed by atoms with E-state index in [1.54, 1.807) is 0 Å². The first-order chi connectivity index (χ1) is 9.03. The molecular weight excluding hydrogens is 294 g/mol. The molecule has 0 rings (SSSR count). The van der Waals surface area contributed by atoms with Crippen molar-refractivity contribution in [3.8, 4) is 0 Å². The number of halogens is 1. The number of carbonyl (C=O) groups excluding carboxylic acids is 2. The van der Waals surface area contributed by atoms with Crippen LogP contribution in [0.2, 0.25) is 0 Å². The maximum absolute atomic E-state index is 12.6.